The fourth-order valence-corrected chi connectivity index (χ4v) is 4.71. The maximum Gasteiger partial charge on any atom is 0.356 e. The number of piperidine rings is 1. The number of hydrogen-bond donors (Lipinski definition) is 2. The molecule has 0 aromatic carbocycles. The van der Waals surface area contributed by atoms with E-state index in [1.807, 2.05) is 0 Å². The molecule has 0 bridgehead atoms. The number of nitrogens with zero attached hydrogens (tertiary/aromatic N) is 2. The molecule has 0 aromatic heterocycles. The summed E-state index contributed by atoms with van der Waals surface area (Å²) in [6, 6.07) is 1.37. The number of carbonyl (C=O) groups is 2. The van der Waals surface area contributed by atoms with Crippen molar-refractivity contribution in [1.29, 1.82) is 0 Å². The van der Waals surface area contributed by atoms with E-state index in [2.05, 4.69) is 25.2 Å². The van der Waals surface area contributed by atoms with Crippen LogP contribution in [0, 0.1) is 0 Å². The lowest BCUT2D eigenvalue weighted by Crippen LogP contribution is -2.55. The molecule has 2 N–H and O–H groups in total. The van der Waals surface area contributed by atoms with E-state index in [-0.39, 0.29) is 6.10 Å². The van der Waals surface area contributed by atoms with Gasteiger partial charge in [-0.1, -0.05) is 0 Å². The van der Waals surface area contributed by atoms with Gasteiger partial charge in [-0.05, 0) is 51.6 Å². The maximum atomic E-state index is 11.7. The quantitative estimate of drug-likeness (QED) is 0.362. The molecule has 1 aliphatic carbocycles. The summed E-state index contributed by atoms with van der Waals surface area (Å²) >= 11 is 0. The first-order valence-electron chi connectivity index (χ1n) is 10.3. The fraction of sp³-hybridized carbons (Fsp3) is 0.895. The first-order valence-corrected chi connectivity index (χ1v) is 10.3. The third-order valence-corrected chi connectivity index (χ3v) is 6.30. The van der Waals surface area contributed by atoms with Crippen molar-refractivity contribution in [2.24, 2.45) is 0 Å². The molecule has 8 nitrogen and oxygen atoms in total. The van der Waals surface area contributed by atoms with Gasteiger partial charge in [0.2, 0.25) is 12.6 Å². The number of carbonyl (C=O) groups excluding carboxylic acids is 2. The lowest BCUT2D eigenvalue weighted by atomic mass is 9.91. The highest BCUT2D eigenvalue weighted by molar-refractivity contribution is 5.76. The summed E-state index contributed by atoms with van der Waals surface area (Å²) in [5, 5.41) is 5.84. The van der Waals surface area contributed by atoms with Gasteiger partial charge in [0.05, 0.1) is 13.2 Å². The molecular formula is C19H34N4O4. The molecule has 0 spiro atoms. The van der Waals surface area contributed by atoms with Crippen molar-refractivity contribution >= 4 is 12.4 Å². The molecule has 3 fully saturated rings. The first kappa shape index (κ1) is 20.5. The largest absolute Gasteiger partial charge is 0.466 e. The van der Waals surface area contributed by atoms with Gasteiger partial charge in [-0.3, -0.25) is 14.6 Å². The Hall–Kier alpha value is -1.22. The van der Waals surface area contributed by atoms with E-state index >= 15 is 0 Å². The lowest BCUT2D eigenvalue weighted by molar-refractivity contribution is -0.164. The molecule has 154 valence electrons. The Morgan fingerprint density at radius 1 is 1.00 bits per heavy atom. The van der Waals surface area contributed by atoms with Crippen molar-refractivity contribution in [3.05, 3.63) is 0 Å². The van der Waals surface area contributed by atoms with Gasteiger partial charge in [0, 0.05) is 38.3 Å². The second-order valence-electron chi connectivity index (χ2n) is 7.81. The van der Waals surface area contributed by atoms with Gasteiger partial charge in [0.1, 0.15) is 0 Å². The normalized spacial score (nSPS) is 29.8. The Morgan fingerprint density at radius 2 is 1.56 bits per heavy atom. The molecule has 0 aromatic rings. The second-order valence-corrected chi connectivity index (χ2v) is 7.81. The smallest absolute Gasteiger partial charge is 0.356 e. The number of rotatable bonds is 7. The molecule has 3 aliphatic rings. The zero-order valence-electron chi connectivity index (χ0n) is 16.4. The van der Waals surface area contributed by atoms with Crippen LogP contribution in [0.2, 0.25) is 0 Å². The molecular weight excluding hydrogens is 348 g/mol. The summed E-state index contributed by atoms with van der Waals surface area (Å²) in [7, 11) is 1.30. The molecule has 1 saturated carbocycles. The maximum absolute atomic E-state index is 11.7. The molecule has 0 radical (unpaired) electrons. The van der Waals surface area contributed by atoms with Crippen molar-refractivity contribution < 1.29 is 19.1 Å². The molecule has 2 saturated heterocycles. The number of nitrogens with one attached hydrogen (secondary N) is 2. The Morgan fingerprint density at radius 3 is 2.07 bits per heavy atom. The van der Waals surface area contributed by atoms with Crippen LogP contribution in [-0.4, -0.2) is 93.0 Å². The number of methoxy groups -OCH3 is 1. The monoisotopic (exact) mass is 382 g/mol. The zero-order valence-corrected chi connectivity index (χ0v) is 16.4. The number of hydrogen-bond acceptors (Lipinski definition) is 7. The van der Waals surface area contributed by atoms with Gasteiger partial charge in [-0.15, -0.1) is 0 Å². The van der Waals surface area contributed by atoms with Gasteiger partial charge in [0.25, 0.3) is 0 Å². The average Bonchev–Trinajstić information content (AvgIpc) is 2.74. The summed E-state index contributed by atoms with van der Waals surface area (Å²) in [6.07, 6.45) is 6.00. The van der Waals surface area contributed by atoms with Gasteiger partial charge < -0.3 is 20.1 Å². The van der Waals surface area contributed by atoms with Gasteiger partial charge in [-0.25, -0.2) is 4.79 Å². The van der Waals surface area contributed by atoms with Crippen LogP contribution >= 0.6 is 0 Å². The molecule has 27 heavy (non-hydrogen) atoms. The highest BCUT2D eigenvalue weighted by atomic mass is 16.6. The van der Waals surface area contributed by atoms with Crippen molar-refractivity contribution in [3.63, 3.8) is 0 Å². The van der Waals surface area contributed by atoms with E-state index in [0.717, 1.165) is 57.9 Å². The highest BCUT2D eigenvalue weighted by Crippen LogP contribution is 2.27. The van der Waals surface area contributed by atoms with Crippen molar-refractivity contribution in [2.45, 2.75) is 62.9 Å². The van der Waals surface area contributed by atoms with Crippen LogP contribution in [0.25, 0.3) is 0 Å². The standard InChI is InChI=1S/C19H34N4O4/c1-26-19(25)18(21-14-24)27-17-4-2-15(3-5-17)22-10-12-23(13-11-22)16-6-8-20-9-7-16/h14-18,20H,2-13H2,1H3,(H,21,24). The molecule has 1 amide bonds. The van der Waals surface area contributed by atoms with Crippen LogP contribution < -0.4 is 10.6 Å². The Labute approximate surface area is 161 Å². The Bertz CT molecular complexity index is 470. The van der Waals surface area contributed by atoms with Crippen LogP contribution in [0.5, 0.6) is 0 Å². The van der Waals surface area contributed by atoms with Gasteiger partial charge >= 0.3 is 5.97 Å². The number of ether oxygens (including phenoxy) is 2. The first-order chi connectivity index (χ1) is 13.2. The van der Waals surface area contributed by atoms with E-state index in [9.17, 15) is 9.59 Å². The lowest BCUT2D eigenvalue weighted by Gasteiger charge is -2.45. The van der Waals surface area contributed by atoms with E-state index in [1.165, 1.54) is 33.0 Å². The van der Waals surface area contributed by atoms with E-state index in [1.54, 1.807) is 0 Å². The SMILES string of the molecule is COC(=O)C(NC=O)OC1CCC(N2CCN(C3CCNCC3)CC2)CC1. The molecule has 8 heteroatoms. The number of amides is 1. The van der Waals surface area contributed by atoms with Gasteiger partial charge in [-0.2, -0.15) is 0 Å². The molecule has 2 heterocycles. The van der Waals surface area contributed by atoms with Crippen LogP contribution in [0.4, 0.5) is 0 Å². The van der Waals surface area contributed by atoms with Crippen molar-refractivity contribution in [1.82, 2.24) is 20.4 Å². The highest BCUT2D eigenvalue weighted by Gasteiger charge is 2.32. The summed E-state index contributed by atoms with van der Waals surface area (Å²) in [4.78, 5) is 27.6. The predicted molar refractivity (Wildman–Crippen MR) is 101 cm³/mol. The summed E-state index contributed by atoms with van der Waals surface area (Å²) in [5.41, 5.74) is 0. The molecule has 3 rings (SSSR count). The van der Waals surface area contributed by atoms with Crippen molar-refractivity contribution in [2.75, 3.05) is 46.4 Å². The van der Waals surface area contributed by atoms with Crippen LogP contribution in [0.15, 0.2) is 0 Å². The Balaban J connectivity index is 1.39. The zero-order chi connectivity index (χ0) is 19.1. The molecule has 1 unspecified atom stereocenters. The van der Waals surface area contributed by atoms with Crippen LogP contribution in [0.1, 0.15) is 38.5 Å². The minimum absolute atomic E-state index is 0.00571. The van der Waals surface area contributed by atoms with E-state index in [4.69, 9.17) is 4.74 Å². The summed E-state index contributed by atoms with van der Waals surface area (Å²) in [6.45, 7) is 6.96. The fourth-order valence-electron chi connectivity index (χ4n) is 4.71. The number of esters is 1. The molecule has 1 atom stereocenters. The third-order valence-electron chi connectivity index (χ3n) is 6.30. The second kappa shape index (κ2) is 10.4. The van der Waals surface area contributed by atoms with Crippen LogP contribution in [-0.2, 0) is 19.1 Å². The Kier molecular flexibility index (Phi) is 7.87. The van der Waals surface area contributed by atoms with Gasteiger partial charge in [0.15, 0.2) is 0 Å². The topological polar surface area (TPSA) is 83.1 Å². The van der Waals surface area contributed by atoms with Crippen LogP contribution in [0.3, 0.4) is 0 Å². The van der Waals surface area contributed by atoms with Crippen molar-refractivity contribution in [3.8, 4) is 0 Å². The predicted octanol–water partition coefficient (Wildman–Crippen LogP) is -0.0711. The number of piperazine rings is 1. The average molecular weight is 383 g/mol. The third kappa shape index (κ3) is 5.63. The van der Waals surface area contributed by atoms with E-state index < -0.39 is 12.2 Å². The summed E-state index contributed by atoms with van der Waals surface area (Å²) < 4.78 is 10.4. The molecule has 2 aliphatic heterocycles. The minimum Gasteiger partial charge on any atom is -0.466 e. The minimum atomic E-state index is -0.998. The summed E-state index contributed by atoms with van der Waals surface area (Å²) in [5.74, 6) is -0.557. The van der Waals surface area contributed by atoms with E-state index in [0.29, 0.717) is 12.5 Å².